The van der Waals surface area contributed by atoms with Crippen LogP contribution in [0.2, 0.25) is 0 Å². The summed E-state index contributed by atoms with van der Waals surface area (Å²) in [6.45, 7) is 9.30. The standard InChI is InChI=1S/C16H34S2/c1-5-9-11-15(7-3)13-17-18-14-16(8-4)12-10-6-2/h15-16H,5-14H2,1-4H3. The molecule has 0 aliphatic heterocycles. The first-order valence-electron chi connectivity index (χ1n) is 8.02. The van der Waals surface area contributed by atoms with Crippen molar-refractivity contribution < 1.29 is 0 Å². The Hall–Kier alpha value is 0.700. The molecule has 0 amide bonds. The van der Waals surface area contributed by atoms with E-state index in [9.17, 15) is 0 Å². The molecule has 2 heteroatoms. The van der Waals surface area contributed by atoms with Crippen molar-refractivity contribution in [1.29, 1.82) is 0 Å². The second-order valence-electron chi connectivity index (χ2n) is 5.40. The highest BCUT2D eigenvalue weighted by Gasteiger charge is 2.09. The first-order chi connectivity index (χ1) is 8.78. The minimum atomic E-state index is 0.957. The summed E-state index contributed by atoms with van der Waals surface area (Å²) in [6.07, 6.45) is 11.1. The van der Waals surface area contributed by atoms with Crippen molar-refractivity contribution in [3.63, 3.8) is 0 Å². The minimum Gasteiger partial charge on any atom is -0.0939 e. The summed E-state index contributed by atoms with van der Waals surface area (Å²) in [5.74, 6) is 4.65. The molecular formula is C16H34S2. The van der Waals surface area contributed by atoms with Gasteiger partial charge in [0.2, 0.25) is 0 Å². The van der Waals surface area contributed by atoms with Crippen molar-refractivity contribution in [2.24, 2.45) is 11.8 Å². The second-order valence-corrected chi connectivity index (χ2v) is 7.95. The summed E-state index contributed by atoms with van der Waals surface area (Å²) in [7, 11) is 4.26. The van der Waals surface area contributed by atoms with Crippen LogP contribution in [0.4, 0.5) is 0 Å². The minimum absolute atomic E-state index is 0.957. The zero-order chi connectivity index (χ0) is 13.6. The molecule has 0 N–H and O–H groups in total. The van der Waals surface area contributed by atoms with E-state index in [0.717, 1.165) is 11.8 Å². The molecule has 0 aromatic carbocycles. The highest BCUT2D eigenvalue weighted by atomic mass is 33.1. The fourth-order valence-corrected chi connectivity index (χ4v) is 5.20. The maximum atomic E-state index is 2.35. The van der Waals surface area contributed by atoms with Crippen LogP contribution in [0.3, 0.4) is 0 Å². The van der Waals surface area contributed by atoms with Crippen LogP contribution in [-0.2, 0) is 0 Å². The van der Waals surface area contributed by atoms with E-state index in [2.05, 4.69) is 49.3 Å². The smallest absolute Gasteiger partial charge is 0.00652 e. The van der Waals surface area contributed by atoms with Crippen molar-refractivity contribution in [1.82, 2.24) is 0 Å². The molecule has 0 radical (unpaired) electrons. The van der Waals surface area contributed by atoms with Gasteiger partial charge in [0, 0.05) is 11.5 Å². The molecule has 0 bridgehead atoms. The van der Waals surface area contributed by atoms with Gasteiger partial charge >= 0.3 is 0 Å². The van der Waals surface area contributed by atoms with Crippen molar-refractivity contribution in [2.75, 3.05) is 11.5 Å². The van der Waals surface area contributed by atoms with Crippen LogP contribution < -0.4 is 0 Å². The van der Waals surface area contributed by atoms with Gasteiger partial charge in [-0.05, 0) is 24.7 Å². The highest BCUT2D eigenvalue weighted by Crippen LogP contribution is 2.31. The number of hydrogen-bond donors (Lipinski definition) is 0. The van der Waals surface area contributed by atoms with Gasteiger partial charge in [-0.3, -0.25) is 0 Å². The quantitative estimate of drug-likeness (QED) is 0.270. The second kappa shape index (κ2) is 14.1. The largest absolute Gasteiger partial charge is 0.0939 e. The Morgan fingerprint density at radius 1 is 0.667 bits per heavy atom. The van der Waals surface area contributed by atoms with Gasteiger partial charge in [-0.1, -0.05) is 87.8 Å². The molecule has 0 rings (SSSR count). The van der Waals surface area contributed by atoms with E-state index < -0.39 is 0 Å². The third-order valence-electron chi connectivity index (χ3n) is 3.78. The zero-order valence-electron chi connectivity index (χ0n) is 13.0. The molecule has 0 fully saturated rings. The zero-order valence-corrected chi connectivity index (χ0v) is 14.7. The third kappa shape index (κ3) is 10.6. The van der Waals surface area contributed by atoms with Crippen LogP contribution in [0.1, 0.15) is 79.1 Å². The van der Waals surface area contributed by atoms with Gasteiger partial charge in [-0.25, -0.2) is 0 Å². The average Bonchev–Trinajstić information content (AvgIpc) is 2.41. The van der Waals surface area contributed by atoms with E-state index in [1.807, 2.05) is 0 Å². The Balaban J connectivity index is 3.55. The maximum Gasteiger partial charge on any atom is 0.00652 e. The summed E-state index contributed by atoms with van der Waals surface area (Å²) >= 11 is 0. The summed E-state index contributed by atoms with van der Waals surface area (Å²) in [5.41, 5.74) is 0. The first-order valence-corrected chi connectivity index (χ1v) is 10.5. The van der Waals surface area contributed by atoms with Crippen molar-refractivity contribution >= 4 is 21.6 Å². The first kappa shape index (κ1) is 18.7. The normalized spacial score (nSPS) is 14.7. The molecule has 2 unspecified atom stereocenters. The molecule has 0 aliphatic rings. The van der Waals surface area contributed by atoms with Gasteiger partial charge in [0.25, 0.3) is 0 Å². The summed E-state index contributed by atoms with van der Waals surface area (Å²) in [6, 6.07) is 0. The number of rotatable bonds is 13. The molecule has 0 heterocycles. The lowest BCUT2D eigenvalue weighted by Crippen LogP contribution is -2.03. The topological polar surface area (TPSA) is 0 Å². The van der Waals surface area contributed by atoms with Crippen LogP contribution in [-0.4, -0.2) is 11.5 Å². The predicted octanol–water partition coefficient (Wildman–Crippen LogP) is 6.80. The van der Waals surface area contributed by atoms with E-state index in [0.29, 0.717) is 0 Å². The molecule has 0 aliphatic carbocycles. The Labute approximate surface area is 124 Å². The van der Waals surface area contributed by atoms with E-state index in [-0.39, 0.29) is 0 Å². The molecule has 110 valence electrons. The van der Waals surface area contributed by atoms with E-state index in [1.165, 1.54) is 62.9 Å². The summed E-state index contributed by atoms with van der Waals surface area (Å²) in [5, 5.41) is 0. The molecule has 0 saturated carbocycles. The lowest BCUT2D eigenvalue weighted by atomic mass is 10.0. The van der Waals surface area contributed by atoms with Gasteiger partial charge < -0.3 is 0 Å². The highest BCUT2D eigenvalue weighted by molar-refractivity contribution is 8.76. The van der Waals surface area contributed by atoms with Crippen molar-refractivity contribution in [2.45, 2.75) is 79.1 Å². The van der Waals surface area contributed by atoms with Crippen LogP contribution in [0.5, 0.6) is 0 Å². The van der Waals surface area contributed by atoms with Crippen LogP contribution >= 0.6 is 21.6 Å². The summed E-state index contributed by atoms with van der Waals surface area (Å²) < 4.78 is 0. The lowest BCUT2D eigenvalue weighted by Gasteiger charge is -2.16. The van der Waals surface area contributed by atoms with Gasteiger partial charge in [-0.15, -0.1) is 0 Å². The van der Waals surface area contributed by atoms with Crippen LogP contribution in [0.15, 0.2) is 0 Å². The molecule has 0 aromatic rings. The van der Waals surface area contributed by atoms with E-state index >= 15 is 0 Å². The lowest BCUT2D eigenvalue weighted by molar-refractivity contribution is 0.499. The third-order valence-corrected chi connectivity index (χ3v) is 6.48. The Morgan fingerprint density at radius 3 is 1.33 bits per heavy atom. The maximum absolute atomic E-state index is 2.35. The molecular weight excluding hydrogens is 256 g/mol. The summed E-state index contributed by atoms with van der Waals surface area (Å²) in [4.78, 5) is 0. The van der Waals surface area contributed by atoms with Gasteiger partial charge in [-0.2, -0.15) is 0 Å². The molecule has 0 saturated heterocycles. The Kier molecular flexibility index (Phi) is 14.7. The molecule has 0 aromatic heterocycles. The van der Waals surface area contributed by atoms with Gasteiger partial charge in [0.05, 0.1) is 0 Å². The molecule has 0 spiro atoms. The molecule has 0 nitrogen and oxygen atoms in total. The Morgan fingerprint density at radius 2 is 1.06 bits per heavy atom. The average molecular weight is 291 g/mol. The fraction of sp³-hybridized carbons (Fsp3) is 1.00. The van der Waals surface area contributed by atoms with Crippen LogP contribution in [0.25, 0.3) is 0 Å². The monoisotopic (exact) mass is 290 g/mol. The van der Waals surface area contributed by atoms with E-state index in [1.54, 1.807) is 0 Å². The predicted molar refractivity (Wildman–Crippen MR) is 91.5 cm³/mol. The van der Waals surface area contributed by atoms with E-state index in [4.69, 9.17) is 0 Å². The van der Waals surface area contributed by atoms with Crippen molar-refractivity contribution in [3.05, 3.63) is 0 Å². The molecule has 2 atom stereocenters. The molecule has 18 heavy (non-hydrogen) atoms. The number of unbranched alkanes of at least 4 members (excludes halogenated alkanes) is 2. The van der Waals surface area contributed by atoms with Gasteiger partial charge in [0.15, 0.2) is 0 Å². The number of hydrogen-bond acceptors (Lipinski definition) is 2. The fourth-order valence-electron chi connectivity index (χ4n) is 2.08. The van der Waals surface area contributed by atoms with Gasteiger partial charge in [0.1, 0.15) is 0 Å². The SMILES string of the molecule is CCCCC(CC)CSSCC(CC)CCCC. The van der Waals surface area contributed by atoms with Crippen LogP contribution in [0, 0.1) is 11.8 Å². The van der Waals surface area contributed by atoms with Crippen molar-refractivity contribution in [3.8, 4) is 0 Å². The Bertz CT molecular complexity index is 141.